The van der Waals surface area contributed by atoms with Crippen molar-refractivity contribution in [2.45, 2.75) is 25.4 Å². The Balaban J connectivity index is 1.50. The molecule has 0 saturated heterocycles. The van der Waals surface area contributed by atoms with Crippen molar-refractivity contribution in [1.29, 1.82) is 0 Å². The molecule has 0 fully saturated rings. The lowest BCUT2D eigenvalue weighted by Gasteiger charge is -2.17. The monoisotopic (exact) mass is 461 g/mol. The fourth-order valence-electron chi connectivity index (χ4n) is 3.85. The predicted octanol–water partition coefficient (Wildman–Crippen LogP) is 3.52. The van der Waals surface area contributed by atoms with E-state index in [1.807, 2.05) is 36.4 Å². The van der Waals surface area contributed by atoms with Gasteiger partial charge in [-0.2, -0.15) is 0 Å². The van der Waals surface area contributed by atoms with Crippen LogP contribution in [0.3, 0.4) is 0 Å². The molecule has 1 unspecified atom stereocenters. The number of aromatic nitrogens is 3. The van der Waals surface area contributed by atoms with Crippen LogP contribution in [0.2, 0.25) is 0 Å². The van der Waals surface area contributed by atoms with Crippen LogP contribution in [0.4, 0.5) is 4.39 Å². The molecule has 2 amide bonds. The molecule has 34 heavy (non-hydrogen) atoms. The van der Waals surface area contributed by atoms with E-state index >= 15 is 0 Å². The van der Waals surface area contributed by atoms with Crippen LogP contribution in [-0.4, -0.2) is 44.0 Å². The Morgan fingerprint density at radius 1 is 1.09 bits per heavy atom. The van der Waals surface area contributed by atoms with Gasteiger partial charge < -0.3 is 4.90 Å². The fourth-order valence-corrected chi connectivity index (χ4v) is 3.85. The van der Waals surface area contributed by atoms with Crippen molar-refractivity contribution in [2.75, 3.05) is 7.05 Å². The van der Waals surface area contributed by atoms with Crippen LogP contribution < -0.4 is 5.48 Å². The minimum atomic E-state index is -0.536. The molecule has 3 aromatic carbocycles. The first kappa shape index (κ1) is 23.1. The standard InChI is InChI=1S/C25H24FN5O3/c1-30(25(33)19-8-10-21(26)11-9-19)15-22-16-31(29-27-22)23(14-24(32)28-34)13-17-6-7-18-4-2-3-5-20(18)12-17/h2-12,16,23,34H,13-15H2,1H3,(H,28,32). The van der Waals surface area contributed by atoms with Gasteiger partial charge in [0, 0.05) is 12.6 Å². The van der Waals surface area contributed by atoms with Gasteiger partial charge in [-0.1, -0.05) is 47.7 Å². The lowest BCUT2D eigenvalue weighted by atomic mass is 10.00. The number of carbonyl (C=O) groups excluding carboxylic acids is 2. The lowest BCUT2D eigenvalue weighted by molar-refractivity contribution is -0.130. The van der Waals surface area contributed by atoms with E-state index in [0.717, 1.165) is 16.3 Å². The molecular weight excluding hydrogens is 437 g/mol. The summed E-state index contributed by atoms with van der Waals surface area (Å²) in [5, 5.41) is 19.6. The zero-order chi connectivity index (χ0) is 24.1. The number of halogens is 1. The Labute approximate surface area is 195 Å². The second-order valence-electron chi connectivity index (χ2n) is 8.14. The summed E-state index contributed by atoms with van der Waals surface area (Å²) in [6, 6.07) is 19.0. The van der Waals surface area contributed by atoms with Crippen LogP contribution in [0.1, 0.15) is 34.1 Å². The quantitative estimate of drug-likeness (QED) is 0.309. The Morgan fingerprint density at radius 2 is 1.82 bits per heavy atom. The molecule has 0 aliphatic heterocycles. The molecule has 1 heterocycles. The molecule has 0 aliphatic carbocycles. The first-order chi connectivity index (χ1) is 16.4. The first-order valence-corrected chi connectivity index (χ1v) is 10.8. The van der Waals surface area contributed by atoms with Gasteiger partial charge in [0.1, 0.15) is 11.5 Å². The molecule has 0 radical (unpaired) electrons. The molecule has 1 atom stereocenters. The highest BCUT2D eigenvalue weighted by atomic mass is 19.1. The topological polar surface area (TPSA) is 100 Å². The molecule has 0 bridgehead atoms. The maximum atomic E-state index is 13.1. The van der Waals surface area contributed by atoms with Gasteiger partial charge in [0.15, 0.2) is 0 Å². The third-order valence-corrected chi connectivity index (χ3v) is 5.60. The summed E-state index contributed by atoms with van der Waals surface area (Å²) in [4.78, 5) is 26.0. The Hall–Kier alpha value is -4.11. The van der Waals surface area contributed by atoms with E-state index in [1.54, 1.807) is 23.4 Å². The molecule has 9 heteroatoms. The van der Waals surface area contributed by atoms with E-state index in [4.69, 9.17) is 5.21 Å². The number of fused-ring (bicyclic) bond motifs is 1. The van der Waals surface area contributed by atoms with Crippen LogP contribution in [0.25, 0.3) is 10.8 Å². The zero-order valence-corrected chi connectivity index (χ0v) is 18.6. The molecule has 1 aromatic heterocycles. The second kappa shape index (κ2) is 10.2. The summed E-state index contributed by atoms with van der Waals surface area (Å²) < 4.78 is 14.7. The number of nitrogens with one attached hydrogen (secondary N) is 1. The number of hydrogen-bond donors (Lipinski definition) is 2. The molecule has 8 nitrogen and oxygen atoms in total. The SMILES string of the molecule is CN(Cc1cn(C(CC(=O)NO)Cc2ccc3ccccc3c2)nn1)C(=O)c1ccc(F)cc1. The highest BCUT2D eigenvalue weighted by molar-refractivity contribution is 5.93. The van der Waals surface area contributed by atoms with E-state index < -0.39 is 17.8 Å². The highest BCUT2D eigenvalue weighted by Gasteiger charge is 2.20. The van der Waals surface area contributed by atoms with Crippen molar-refractivity contribution in [1.82, 2.24) is 25.4 Å². The van der Waals surface area contributed by atoms with E-state index in [0.29, 0.717) is 17.7 Å². The summed E-state index contributed by atoms with van der Waals surface area (Å²) in [5.41, 5.74) is 3.59. The Kier molecular flexibility index (Phi) is 6.93. The number of nitrogens with zero attached hydrogens (tertiary/aromatic N) is 4. The first-order valence-electron chi connectivity index (χ1n) is 10.8. The minimum absolute atomic E-state index is 0.00350. The van der Waals surface area contributed by atoms with E-state index in [1.165, 1.54) is 29.2 Å². The van der Waals surface area contributed by atoms with Crippen molar-refractivity contribution < 1.29 is 19.2 Å². The summed E-state index contributed by atoms with van der Waals surface area (Å²) in [7, 11) is 1.62. The zero-order valence-electron chi connectivity index (χ0n) is 18.6. The van der Waals surface area contributed by atoms with E-state index in [-0.39, 0.29) is 18.9 Å². The van der Waals surface area contributed by atoms with Gasteiger partial charge in [0.2, 0.25) is 5.91 Å². The van der Waals surface area contributed by atoms with Crippen molar-refractivity contribution in [3.63, 3.8) is 0 Å². The van der Waals surface area contributed by atoms with Crippen molar-refractivity contribution in [3.8, 4) is 0 Å². The number of amides is 2. The van der Waals surface area contributed by atoms with Crippen LogP contribution in [0.5, 0.6) is 0 Å². The molecule has 174 valence electrons. The smallest absolute Gasteiger partial charge is 0.253 e. The molecule has 0 aliphatic rings. The van der Waals surface area contributed by atoms with Gasteiger partial charge in [0.25, 0.3) is 5.91 Å². The van der Waals surface area contributed by atoms with Crippen molar-refractivity contribution in [2.24, 2.45) is 0 Å². The number of hydroxylamine groups is 1. The maximum Gasteiger partial charge on any atom is 0.253 e. The molecule has 4 aromatic rings. The maximum absolute atomic E-state index is 13.1. The van der Waals surface area contributed by atoms with Gasteiger partial charge in [-0.05, 0) is 47.0 Å². The van der Waals surface area contributed by atoms with Gasteiger partial charge in [0.05, 0.1) is 25.2 Å². The minimum Gasteiger partial charge on any atom is -0.336 e. The summed E-state index contributed by atoms with van der Waals surface area (Å²) in [5.74, 6) is -1.22. The number of hydrogen-bond acceptors (Lipinski definition) is 5. The van der Waals surface area contributed by atoms with Gasteiger partial charge in [-0.25, -0.2) is 14.6 Å². The van der Waals surface area contributed by atoms with Gasteiger partial charge >= 0.3 is 0 Å². The Morgan fingerprint density at radius 3 is 2.56 bits per heavy atom. The summed E-state index contributed by atoms with van der Waals surface area (Å²) in [6.45, 7) is 0.186. The third kappa shape index (κ3) is 5.44. The van der Waals surface area contributed by atoms with Crippen molar-refractivity contribution in [3.05, 3.63) is 95.6 Å². The number of rotatable bonds is 8. The summed E-state index contributed by atoms with van der Waals surface area (Å²) >= 11 is 0. The average Bonchev–Trinajstić information content (AvgIpc) is 3.31. The van der Waals surface area contributed by atoms with E-state index in [9.17, 15) is 14.0 Å². The molecular formula is C25H24FN5O3. The highest BCUT2D eigenvalue weighted by Crippen LogP contribution is 2.22. The summed E-state index contributed by atoms with van der Waals surface area (Å²) in [6.07, 6.45) is 2.17. The van der Waals surface area contributed by atoms with Crippen LogP contribution in [0.15, 0.2) is 72.9 Å². The largest absolute Gasteiger partial charge is 0.336 e. The van der Waals surface area contributed by atoms with Crippen LogP contribution in [-0.2, 0) is 17.8 Å². The van der Waals surface area contributed by atoms with E-state index in [2.05, 4.69) is 16.4 Å². The number of benzene rings is 3. The molecule has 4 rings (SSSR count). The number of carbonyl (C=O) groups is 2. The normalized spacial score (nSPS) is 11.9. The van der Waals surface area contributed by atoms with Gasteiger partial charge in [-0.3, -0.25) is 14.8 Å². The molecule has 2 N–H and O–H groups in total. The van der Waals surface area contributed by atoms with Gasteiger partial charge in [-0.15, -0.1) is 5.10 Å². The van der Waals surface area contributed by atoms with Crippen LogP contribution in [0, 0.1) is 5.82 Å². The Bertz CT molecular complexity index is 1310. The average molecular weight is 461 g/mol. The second-order valence-corrected chi connectivity index (χ2v) is 8.14. The predicted molar refractivity (Wildman–Crippen MR) is 123 cm³/mol. The molecule has 0 saturated carbocycles. The third-order valence-electron chi connectivity index (χ3n) is 5.60. The lowest BCUT2D eigenvalue weighted by Crippen LogP contribution is -2.26. The molecule has 0 spiro atoms. The van der Waals surface area contributed by atoms with Crippen LogP contribution >= 0.6 is 0 Å². The fraction of sp³-hybridized carbons (Fsp3) is 0.200. The van der Waals surface area contributed by atoms with Crippen molar-refractivity contribution >= 4 is 22.6 Å².